The highest BCUT2D eigenvalue weighted by Gasteiger charge is 2.26. The van der Waals surface area contributed by atoms with Crippen molar-refractivity contribution in [3.63, 3.8) is 0 Å². The van der Waals surface area contributed by atoms with E-state index < -0.39 is 11.9 Å². The van der Waals surface area contributed by atoms with Crippen LogP contribution in [0.1, 0.15) is 45.2 Å². The van der Waals surface area contributed by atoms with Crippen LogP contribution in [0.15, 0.2) is 84.0 Å². The first-order valence-corrected chi connectivity index (χ1v) is 23.1. The third-order valence-electron chi connectivity index (χ3n) is 10.3. The first kappa shape index (κ1) is 47.1. The Hall–Kier alpha value is -5.94. The number of nitrogens with zero attached hydrogens (tertiary/aromatic N) is 3. The maximum Gasteiger partial charge on any atom is 0.343 e. The van der Waals surface area contributed by atoms with E-state index in [4.69, 9.17) is 76.4 Å². The lowest BCUT2D eigenvalue weighted by molar-refractivity contribution is -0.0378. The second kappa shape index (κ2) is 23.4. The van der Waals surface area contributed by atoms with Crippen molar-refractivity contribution >= 4 is 44.8 Å². The van der Waals surface area contributed by atoms with Gasteiger partial charge in [0.2, 0.25) is 5.13 Å². The monoisotopic (exact) mass is 957 g/mol. The van der Waals surface area contributed by atoms with Gasteiger partial charge in [-0.3, -0.25) is 0 Å². The number of carbonyl (C=O) groups excluding carboxylic acids is 2. The van der Waals surface area contributed by atoms with Gasteiger partial charge in [0.1, 0.15) is 30.7 Å². The number of esters is 2. The Morgan fingerprint density at radius 3 is 1.90 bits per heavy atom. The lowest BCUT2D eigenvalue weighted by Gasteiger charge is -2.16. The molecule has 4 fully saturated rings. The Bertz CT molecular complexity index is 2470. The number of fused-ring (bicyclic) bond motifs is 1. The molecular formula is C48H51N3O16S. The smallest absolute Gasteiger partial charge is 0.343 e. The zero-order valence-corrected chi connectivity index (χ0v) is 38.1. The minimum Gasteiger partial charge on any atom is -0.464 e. The van der Waals surface area contributed by atoms with Crippen molar-refractivity contribution < 1.29 is 75.9 Å². The molecule has 4 aliphatic rings. The molecule has 0 saturated carbocycles. The van der Waals surface area contributed by atoms with E-state index in [1.165, 1.54) is 23.5 Å². The standard InChI is InChI=1S/C48H51N3O16S/c1-2-14-51(48-50-38-5-3-4-6-44(38)68-48)49-19-34-16-31(13-15-57-46(52)32-8-11-40(62-27-54-20-35-23-58-35)42(17-32)63-28-55-21-36-24-59-36)7-10-39(34)67-47(53)33-9-12-41(65-30-66-45-26-61-45)43(18-33)64-29-56-22-37-25-60-37/h3-12,16-19,35-37,45H,2,13-15,20-30H2,1H3/b49-19+. The van der Waals surface area contributed by atoms with E-state index in [1.807, 2.05) is 35.3 Å². The zero-order chi connectivity index (χ0) is 46.5. The number of hydrazone groups is 1. The highest BCUT2D eigenvalue weighted by atomic mass is 32.1. The van der Waals surface area contributed by atoms with Crippen LogP contribution in [0.2, 0.25) is 0 Å². The number of benzene rings is 4. The number of hydrogen-bond acceptors (Lipinski definition) is 20. The predicted molar refractivity (Wildman–Crippen MR) is 243 cm³/mol. The number of aromatic nitrogens is 1. The normalized spacial score (nSPS) is 18.8. The van der Waals surface area contributed by atoms with E-state index in [0.717, 1.165) is 27.3 Å². The average molecular weight is 958 g/mol. The van der Waals surface area contributed by atoms with E-state index in [2.05, 4.69) is 6.92 Å². The third kappa shape index (κ3) is 14.3. The molecular weight excluding hydrogens is 907 g/mol. The molecule has 0 N–H and O–H groups in total. The molecule has 4 atom stereocenters. The van der Waals surface area contributed by atoms with Crippen molar-refractivity contribution in [1.29, 1.82) is 0 Å². The zero-order valence-electron chi connectivity index (χ0n) is 37.3. The molecule has 0 bridgehead atoms. The van der Waals surface area contributed by atoms with Crippen LogP contribution in [0, 0.1) is 0 Å². The lowest BCUT2D eigenvalue weighted by Crippen LogP contribution is -2.17. The molecule has 9 rings (SSSR count). The van der Waals surface area contributed by atoms with E-state index in [-0.39, 0.29) is 86.8 Å². The van der Waals surface area contributed by atoms with Crippen LogP contribution in [0.5, 0.6) is 28.7 Å². The number of anilines is 1. The first-order valence-electron chi connectivity index (χ1n) is 22.2. The van der Waals surface area contributed by atoms with Gasteiger partial charge in [0.25, 0.3) is 0 Å². The number of thiazole rings is 1. The van der Waals surface area contributed by atoms with Gasteiger partial charge in [-0.05, 0) is 72.6 Å². The molecule has 4 saturated heterocycles. The Morgan fingerprint density at radius 1 is 0.706 bits per heavy atom. The summed E-state index contributed by atoms with van der Waals surface area (Å²) in [4.78, 5) is 32.1. The lowest BCUT2D eigenvalue weighted by atomic mass is 10.1. The summed E-state index contributed by atoms with van der Waals surface area (Å²) >= 11 is 1.53. The predicted octanol–water partition coefficient (Wildman–Crippen LogP) is 6.13. The van der Waals surface area contributed by atoms with Crippen molar-refractivity contribution in [2.24, 2.45) is 5.10 Å². The molecule has 4 aliphatic heterocycles. The van der Waals surface area contributed by atoms with Crippen molar-refractivity contribution in [3.05, 3.63) is 101 Å². The van der Waals surface area contributed by atoms with Crippen LogP contribution in [-0.2, 0) is 49.1 Å². The van der Waals surface area contributed by atoms with Crippen LogP contribution in [0.4, 0.5) is 5.13 Å². The van der Waals surface area contributed by atoms with Crippen LogP contribution >= 0.6 is 11.3 Å². The molecule has 19 nitrogen and oxygen atoms in total. The van der Waals surface area contributed by atoms with Crippen LogP contribution < -0.4 is 28.7 Å². The summed E-state index contributed by atoms with van der Waals surface area (Å²) in [5.41, 5.74) is 2.60. The van der Waals surface area contributed by atoms with Crippen molar-refractivity contribution in [1.82, 2.24) is 4.98 Å². The average Bonchev–Trinajstić information content (AvgIpc) is 4.10. The molecule has 0 spiro atoms. The summed E-state index contributed by atoms with van der Waals surface area (Å²) in [7, 11) is 0. The summed E-state index contributed by atoms with van der Waals surface area (Å²) in [5, 5.41) is 7.38. The topological polar surface area (TPSA) is 205 Å². The van der Waals surface area contributed by atoms with Gasteiger partial charge in [0.15, 0.2) is 56.5 Å². The molecule has 0 aliphatic carbocycles. The molecule has 4 unspecified atom stereocenters. The summed E-state index contributed by atoms with van der Waals surface area (Å²) in [6.45, 7) is 6.02. The highest BCUT2D eigenvalue weighted by Crippen LogP contribution is 2.33. The van der Waals surface area contributed by atoms with E-state index >= 15 is 0 Å². The van der Waals surface area contributed by atoms with Crippen molar-refractivity contribution in [3.8, 4) is 28.7 Å². The van der Waals surface area contributed by atoms with Gasteiger partial charge in [0, 0.05) is 18.5 Å². The van der Waals surface area contributed by atoms with Gasteiger partial charge in [-0.25, -0.2) is 19.6 Å². The second-order valence-electron chi connectivity index (χ2n) is 15.8. The summed E-state index contributed by atoms with van der Waals surface area (Å²) in [6.07, 6.45) is 2.65. The van der Waals surface area contributed by atoms with Crippen molar-refractivity contribution in [2.75, 3.05) is 91.6 Å². The Morgan fingerprint density at radius 2 is 1.29 bits per heavy atom. The largest absolute Gasteiger partial charge is 0.464 e. The maximum atomic E-state index is 13.9. The highest BCUT2D eigenvalue weighted by molar-refractivity contribution is 7.22. The van der Waals surface area contributed by atoms with E-state index in [9.17, 15) is 9.59 Å². The molecule has 5 aromatic rings. The Kier molecular flexibility index (Phi) is 16.2. The molecule has 20 heteroatoms. The number of ether oxygens (including phenoxy) is 14. The van der Waals surface area contributed by atoms with Gasteiger partial charge in [-0.15, -0.1) is 0 Å². The second-order valence-corrected chi connectivity index (χ2v) is 16.8. The third-order valence-corrected chi connectivity index (χ3v) is 11.4. The molecule has 1 aromatic heterocycles. The molecule has 68 heavy (non-hydrogen) atoms. The summed E-state index contributed by atoms with van der Waals surface area (Å²) in [6, 6.07) is 22.6. The number of carbonyl (C=O) groups is 2. The molecule has 0 amide bonds. The molecule has 0 radical (unpaired) electrons. The van der Waals surface area contributed by atoms with Gasteiger partial charge in [0.05, 0.1) is 73.8 Å². The van der Waals surface area contributed by atoms with E-state index in [0.29, 0.717) is 76.3 Å². The Labute approximate surface area is 395 Å². The maximum absolute atomic E-state index is 13.9. The first-order chi connectivity index (χ1) is 33.4. The van der Waals surface area contributed by atoms with Crippen LogP contribution in [-0.4, -0.2) is 134 Å². The van der Waals surface area contributed by atoms with Crippen LogP contribution in [0.3, 0.4) is 0 Å². The van der Waals surface area contributed by atoms with Crippen molar-refractivity contribution in [2.45, 2.75) is 44.4 Å². The van der Waals surface area contributed by atoms with Gasteiger partial charge >= 0.3 is 11.9 Å². The minimum atomic E-state index is -0.659. The van der Waals surface area contributed by atoms with Gasteiger partial charge < -0.3 is 66.3 Å². The summed E-state index contributed by atoms with van der Waals surface area (Å²) < 4.78 is 78.9. The molecule has 360 valence electrons. The quantitative estimate of drug-likeness (QED) is 0.00965. The number of rotatable bonds is 30. The fraction of sp³-hybridized carbons (Fsp3) is 0.417. The van der Waals surface area contributed by atoms with Gasteiger partial charge in [-0.1, -0.05) is 36.5 Å². The van der Waals surface area contributed by atoms with Crippen LogP contribution in [0.25, 0.3) is 10.2 Å². The summed E-state index contributed by atoms with van der Waals surface area (Å²) in [5.74, 6) is 0.255. The van der Waals surface area contributed by atoms with Gasteiger partial charge in [-0.2, -0.15) is 5.10 Å². The SMILES string of the molecule is CCCN(/N=C/c1cc(CCOC(=O)c2ccc(OCOCC3CO3)c(OCOCC3CO3)c2)ccc1OC(=O)c1ccc(OCOC2CO2)c(OCOCC2CO2)c1)c1nc2ccccc2s1. The number of epoxide rings is 4. The van der Waals surface area contributed by atoms with E-state index in [1.54, 1.807) is 42.6 Å². The fourth-order valence-corrected chi connectivity index (χ4v) is 7.31. The number of para-hydroxylation sites is 1. The fourth-order valence-electron chi connectivity index (χ4n) is 6.36. The minimum absolute atomic E-state index is 0.0291. The number of hydrogen-bond donors (Lipinski definition) is 0. The molecule has 4 aromatic carbocycles. The Balaban J connectivity index is 0.891. The molecule has 5 heterocycles.